The number of aromatic nitrogens is 1. The molecule has 0 bridgehead atoms. The lowest BCUT2D eigenvalue weighted by molar-refractivity contribution is 0.305. The van der Waals surface area contributed by atoms with Crippen LogP contribution in [0.2, 0.25) is 0 Å². The van der Waals surface area contributed by atoms with Crippen LogP contribution < -0.4 is 10.5 Å². The molecule has 2 rings (SSSR count). The average Bonchev–Trinajstić information content (AvgIpc) is 2.32. The van der Waals surface area contributed by atoms with Crippen LogP contribution in [0.15, 0.2) is 47.2 Å². The summed E-state index contributed by atoms with van der Waals surface area (Å²) < 4.78 is 6.45. The van der Waals surface area contributed by atoms with Crippen molar-refractivity contribution in [1.82, 2.24) is 4.98 Å². The van der Waals surface area contributed by atoms with Crippen LogP contribution in [0.3, 0.4) is 0 Å². The summed E-state index contributed by atoms with van der Waals surface area (Å²) in [4.78, 5) is 3.97. The van der Waals surface area contributed by atoms with E-state index in [-0.39, 0.29) is 0 Å². The van der Waals surface area contributed by atoms with Crippen molar-refractivity contribution in [2.24, 2.45) is 0 Å². The maximum absolute atomic E-state index is 5.70. The minimum Gasteiger partial charge on any atom is -0.487 e. The van der Waals surface area contributed by atoms with Gasteiger partial charge < -0.3 is 10.5 Å². The van der Waals surface area contributed by atoms with E-state index < -0.39 is 0 Å². The number of benzene rings is 1. The molecule has 0 aliphatic heterocycles. The normalized spacial score (nSPS) is 10.1. The number of hydrogen-bond acceptors (Lipinski definition) is 3. The Morgan fingerprint density at radius 1 is 1.31 bits per heavy atom. The van der Waals surface area contributed by atoms with Gasteiger partial charge in [-0.1, -0.05) is 6.07 Å². The zero-order valence-electron chi connectivity index (χ0n) is 8.56. The highest BCUT2D eigenvalue weighted by Gasteiger charge is 1.99. The van der Waals surface area contributed by atoms with Gasteiger partial charge in [0.15, 0.2) is 0 Å². The first kappa shape index (κ1) is 11.0. The molecule has 0 radical (unpaired) electrons. The molecule has 0 amide bonds. The molecular weight excluding hydrogens is 268 g/mol. The van der Waals surface area contributed by atoms with Crippen molar-refractivity contribution in [3.63, 3.8) is 0 Å². The van der Waals surface area contributed by atoms with Crippen LogP contribution in [0, 0.1) is 0 Å². The second kappa shape index (κ2) is 4.99. The molecule has 0 spiro atoms. The van der Waals surface area contributed by atoms with Crippen LogP contribution in [0.4, 0.5) is 5.69 Å². The highest BCUT2D eigenvalue weighted by Crippen LogP contribution is 2.21. The first-order chi connectivity index (χ1) is 7.75. The Hall–Kier alpha value is -1.55. The Labute approximate surface area is 102 Å². The molecule has 0 aliphatic rings. The zero-order valence-corrected chi connectivity index (χ0v) is 10.1. The highest BCUT2D eigenvalue weighted by atomic mass is 79.9. The van der Waals surface area contributed by atoms with Crippen LogP contribution in [0.1, 0.15) is 5.56 Å². The molecule has 2 N–H and O–H groups in total. The van der Waals surface area contributed by atoms with Gasteiger partial charge in [-0.25, -0.2) is 0 Å². The van der Waals surface area contributed by atoms with Gasteiger partial charge in [-0.05, 0) is 45.8 Å². The summed E-state index contributed by atoms with van der Waals surface area (Å²) >= 11 is 3.38. The third-order valence-electron chi connectivity index (χ3n) is 2.10. The third kappa shape index (κ3) is 2.73. The predicted octanol–water partition coefficient (Wildman–Crippen LogP) is 3.01. The Balaban J connectivity index is 2.03. The lowest BCUT2D eigenvalue weighted by atomic mass is 10.2. The minimum absolute atomic E-state index is 0.505. The summed E-state index contributed by atoms with van der Waals surface area (Å²) in [5, 5.41) is 0. The number of nitrogen functional groups attached to an aromatic ring is 1. The summed E-state index contributed by atoms with van der Waals surface area (Å²) in [6.07, 6.45) is 3.40. The van der Waals surface area contributed by atoms with E-state index >= 15 is 0 Å². The van der Waals surface area contributed by atoms with Crippen molar-refractivity contribution in [3.8, 4) is 5.75 Å². The minimum atomic E-state index is 0.505. The van der Waals surface area contributed by atoms with Crippen LogP contribution in [-0.4, -0.2) is 4.98 Å². The Morgan fingerprint density at radius 2 is 2.19 bits per heavy atom. The third-order valence-corrected chi connectivity index (χ3v) is 2.79. The number of nitrogens with two attached hydrogens (primary N) is 1. The molecule has 0 aliphatic carbocycles. The molecule has 2 aromatic rings. The van der Waals surface area contributed by atoms with Crippen molar-refractivity contribution in [2.45, 2.75) is 6.61 Å². The van der Waals surface area contributed by atoms with E-state index in [1.54, 1.807) is 12.4 Å². The molecule has 0 fully saturated rings. The molecule has 0 unspecified atom stereocenters. The fraction of sp³-hybridized carbons (Fsp3) is 0.0833. The maximum Gasteiger partial charge on any atom is 0.138 e. The van der Waals surface area contributed by atoms with Crippen molar-refractivity contribution in [1.29, 1.82) is 0 Å². The van der Waals surface area contributed by atoms with Gasteiger partial charge in [-0.2, -0.15) is 0 Å². The fourth-order valence-corrected chi connectivity index (χ4v) is 1.69. The van der Waals surface area contributed by atoms with Crippen molar-refractivity contribution in [3.05, 3.63) is 52.8 Å². The molecule has 0 saturated carbocycles. The molecule has 16 heavy (non-hydrogen) atoms. The largest absolute Gasteiger partial charge is 0.487 e. The topological polar surface area (TPSA) is 48.1 Å². The lowest BCUT2D eigenvalue weighted by Gasteiger charge is -2.06. The van der Waals surface area contributed by atoms with Crippen LogP contribution in [0.5, 0.6) is 5.75 Å². The number of pyridine rings is 1. The van der Waals surface area contributed by atoms with E-state index in [0.717, 1.165) is 21.5 Å². The summed E-state index contributed by atoms with van der Waals surface area (Å²) in [5.41, 5.74) is 7.49. The van der Waals surface area contributed by atoms with Crippen molar-refractivity contribution >= 4 is 21.6 Å². The molecule has 0 saturated heterocycles. The molecular formula is C12H11BrN2O. The summed E-state index contributed by atoms with van der Waals surface area (Å²) in [6.45, 7) is 0.505. The van der Waals surface area contributed by atoms with Gasteiger partial charge in [0, 0.05) is 16.4 Å². The fourth-order valence-electron chi connectivity index (χ4n) is 1.26. The second-order valence-electron chi connectivity index (χ2n) is 3.33. The van der Waals surface area contributed by atoms with Crippen LogP contribution in [-0.2, 0) is 6.61 Å². The van der Waals surface area contributed by atoms with E-state index in [9.17, 15) is 0 Å². The SMILES string of the molecule is Nc1ccc(COc2cccnc2)cc1Br. The highest BCUT2D eigenvalue weighted by molar-refractivity contribution is 9.10. The summed E-state index contributed by atoms with van der Waals surface area (Å²) in [6, 6.07) is 9.46. The molecule has 82 valence electrons. The van der Waals surface area contributed by atoms with E-state index in [4.69, 9.17) is 10.5 Å². The molecule has 3 nitrogen and oxygen atoms in total. The van der Waals surface area contributed by atoms with Gasteiger partial charge in [0.1, 0.15) is 12.4 Å². The molecule has 4 heteroatoms. The monoisotopic (exact) mass is 278 g/mol. The summed E-state index contributed by atoms with van der Waals surface area (Å²) in [7, 11) is 0. The number of halogens is 1. The van der Waals surface area contributed by atoms with Crippen LogP contribution in [0.25, 0.3) is 0 Å². The predicted molar refractivity (Wildman–Crippen MR) is 67.1 cm³/mol. The molecule has 1 aromatic carbocycles. The van der Waals surface area contributed by atoms with Crippen LogP contribution >= 0.6 is 15.9 Å². The van der Waals surface area contributed by atoms with E-state index in [0.29, 0.717) is 6.61 Å². The Bertz CT molecular complexity index is 474. The number of nitrogens with zero attached hydrogens (tertiary/aromatic N) is 1. The van der Waals surface area contributed by atoms with Gasteiger partial charge >= 0.3 is 0 Å². The number of rotatable bonds is 3. The summed E-state index contributed by atoms with van der Waals surface area (Å²) in [5.74, 6) is 0.760. The quantitative estimate of drug-likeness (QED) is 0.878. The molecule has 1 aromatic heterocycles. The van der Waals surface area contributed by atoms with Gasteiger partial charge in [0.05, 0.1) is 6.20 Å². The van der Waals surface area contributed by atoms with E-state index in [1.165, 1.54) is 0 Å². The number of hydrogen-bond donors (Lipinski definition) is 1. The lowest BCUT2D eigenvalue weighted by Crippen LogP contribution is -1.96. The Kier molecular flexibility index (Phi) is 3.41. The van der Waals surface area contributed by atoms with Gasteiger partial charge in [0.2, 0.25) is 0 Å². The van der Waals surface area contributed by atoms with Crippen molar-refractivity contribution < 1.29 is 4.74 Å². The first-order valence-electron chi connectivity index (χ1n) is 4.82. The van der Waals surface area contributed by atoms with Gasteiger partial charge in [-0.15, -0.1) is 0 Å². The first-order valence-corrected chi connectivity index (χ1v) is 5.62. The Morgan fingerprint density at radius 3 is 2.88 bits per heavy atom. The van der Waals surface area contributed by atoms with Gasteiger partial charge in [-0.3, -0.25) is 4.98 Å². The van der Waals surface area contributed by atoms with Crippen molar-refractivity contribution in [2.75, 3.05) is 5.73 Å². The van der Waals surface area contributed by atoms with E-state index in [2.05, 4.69) is 20.9 Å². The average molecular weight is 279 g/mol. The second-order valence-corrected chi connectivity index (χ2v) is 4.19. The van der Waals surface area contributed by atoms with Gasteiger partial charge in [0.25, 0.3) is 0 Å². The standard InChI is InChI=1S/C12H11BrN2O/c13-11-6-9(3-4-12(11)14)8-16-10-2-1-5-15-7-10/h1-7H,8,14H2. The number of anilines is 1. The maximum atomic E-state index is 5.70. The number of ether oxygens (including phenoxy) is 1. The van der Waals surface area contributed by atoms with E-state index in [1.807, 2.05) is 30.3 Å². The molecule has 0 atom stereocenters. The smallest absolute Gasteiger partial charge is 0.138 e. The zero-order chi connectivity index (χ0) is 11.4. The molecule has 1 heterocycles.